The second kappa shape index (κ2) is 9.61. The van der Waals surface area contributed by atoms with Crippen LogP contribution in [-0.4, -0.2) is 28.8 Å². The zero-order valence-electron chi connectivity index (χ0n) is 20.7. The molecule has 2 aliphatic rings. The highest BCUT2D eigenvalue weighted by atomic mass is 35.5. The number of nitrogens with zero attached hydrogens (tertiary/aromatic N) is 3. The van der Waals surface area contributed by atoms with Crippen LogP contribution in [0, 0.1) is 19.8 Å². The molecule has 1 saturated heterocycles. The Labute approximate surface area is 217 Å². The van der Waals surface area contributed by atoms with Gasteiger partial charge in [0, 0.05) is 33.5 Å². The number of aryl methyl sites for hydroxylation is 2. The maximum atomic E-state index is 14.1. The second-order valence-corrected chi connectivity index (χ2v) is 11.1. The zero-order valence-corrected chi connectivity index (χ0v) is 22.2. The van der Waals surface area contributed by atoms with E-state index < -0.39 is 0 Å². The van der Waals surface area contributed by atoms with Crippen LogP contribution in [0.1, 0.15) is 77.1 Å². The Kier molecular flexibility index (Phi) is 6.69. The topological polar surface area (TPSA) is 50.2 Å². The van der Waals surface area contributed by atoms with Gasteiger partial charge in [-0.2, -0.15) is 5.10 Å². The highest BCUT2D eigenvalue weighted by Gasteiger charge is 2.45. The molecule has 35 heavy (non-hydrogen) atoms. The summed E-state index contributed by atoms with van der Waals surface area (Å²) in [6.07, 6.45) is 2.26. The van der Waals surface area contributed by atoms with Crippen LogP contribution in [0.4, 0.5) is 5.69 Å². The molecule has 184 valence electrons. The van der Waals surface area contributed by atoms with E-state index >= 15 is 0 Å². The summed E-state index contributed by atoms with van der Waals surface area (Å²) >= 11 is 12.7. The largest absolute Gasteiger partial charge is 0.317 e. The van der Waals surface area contributed by atoms with E-state index in [0.29, 0.717) is 21.7 Å². The van der Waals surface area contributed by atoms with Gasteiger partial charge in [0.15, 0.2) is 5.69 Å². The van der Waals surface area contributed by atoms with E-state index in [1.165, 1.54) is 0 Å². The summed E-state index contributed by atoms with van der Waals surface area (Å²) in [6.45, 7) is 11.4. The molecule has 3 aromatic rings. The van der Waals surface area contributed by atoms with E-state index in [1.807, 2.05) is 48.2 Å². The summed E-state index contributed by atoms with van der Waals surface area (Å²) in [4.78, 5) is 16.0. The molecule has 7 heteroatoms. The highest BCUT2D eigenvalue weighted by Crippen LogP contribution is 2.47. The maximum absolute atomic E-state index is 14.1. The molecule has 1 atom stereocenters. The van der Waals surface area contributed by atoms with E-state index in [9.17, 15) is 4.79 Å². The highest BCUT2D eigenvalue weighted by molar-refractivity contribution is 6.31. The van der Waals surface area contributed by atoms with Gasteiger partial charge < -0.3 is 5.32 Å². The summed E-state index contributed by atoms with van der Waals surface area (Å²) in [5.74, 6) is 0.706. The average Bonchev–Trinajstić information content (AvgIpc) is 3.31. The first-order valence-corrected chi connectivity index (χ1v) is 13.2. The lowest BCUT2D eigenvalue weighted by atomic mass is 9.91. The molecule has 2 aromatic carbocycles. The maximum Gasteiger partial charge on any atom is 0.280 e. The standard InChI is InChI=1S/C28H32Cl2N4O/c1-16(2)26-24-25(32-33(26)15-19-9-11-31-12-10-19)28(35)34(23-14-21(30)6-5-17(23)3)27(24)22-8-7-20(29)13-18(22)4/h5-8,13-14,16,19,27,31H,9-12,15H2,1-4H3. The normalized spacial score (nSPS) is 18.5. The second-order valence-electron chi connectivity index (χ2n) is 10.2. The van der Waals surface area contributed by atoms with Gasteiger partial charge in [-0.15, -0.1) is 0 Å². The molecular weight excluding hydrogens is 479 g/mol. The van der Waals surface area contributed by atoms with Crippen LogP contribution in [0.5, 0.6) is 0 Å². The average molecular weight is 511 g/mol. The first-order valence-electron chi connectivity index (χ1n) is 12.4. The van der Waals surface area contributed by atoms with Gasteiger partial charge in [-0.1, -0.05) is 49.2 Å². The van der Waals surface area contributed by atoms with Gasteiger partial charge in [0.25, 0.3) is 5.91 Å². The van der Waals surface area contributed by atoms with E-state index in [4.69, 9.17) is 28.3 Å². The van der Waals surface area contributed by atoms with Gasteiger partial charge in [-0.25, -0.2) is 0 Å². The predicted octanol–water partition coefficient (Wildman–Crippen LogP) is 6.68. The van der Waals surface area contributed by atoms with Crippen molar-refractivity contribution in [3.63, 3.8) is 0 Å². The predicted molar refractivity (Wildman–Crippen MR) is 143 cm³/mol. The number of hydrogen-bond acceptors (Lipinski definition) is 3. The van der Waals surface area contributed by atoms with Gasteiger partial charge in [0.1, 0.15) is 0 Å². The van der Waals surface area contributed by atoms with Crippen LogP contribution in [0.15, 0.2) is 36.4 Å². The van der Waals surface area contributed by atoms with Crippen molar-refractivity contribution in [2.75, 3.05) is 18.0 Å². The fraction of sp³-hybridized carbons (Fsp3) is 0.429. The van der Waals surface area contributed by atoms with E-state index in [-0.39, 0.29) is 17.9 Å². The lowest BCUT2D eigenvalue weighted by molar-refractivity contribution is 0.0987. The molecule has 0 radical (unpaired) electrons. The number of amides is 1. The molecule has 1 aromatic heterocycles. The molecule has 3 heterocycles. The summed E-state index contributed by atoms with van der Waals surface area (Å²) in [5, 5.41) is 9.72. The Morgan fingerprint density at radius 2 is 1.71 bits per heavy atom. The molecular formula is C28H32Cl2N4O. The number of anilines is 1. The number of nitrogens with one attached hydrogen (secondary N) is 1. The van der Waals surface area contributed by atoms with Crippen molar-refractivity contribution in [2.45, 2.75) is 59.0 Å². The Hall–Kier alpha value is -2.34. The van der Waals surface area contributed by atoms with Gasteiger partial charge >= 0.3 is 0 Å². The third-order valence-electron chi connectivity index (χ3n) is 7.38. The Balaban J connectivity index is 1.70. The molecule has 1 N–H and O–H groups in total. The van der Waals surface area contributed by atoms with Gasteiger partial charge in [0.05, 0.1) is 6.04 Å². The van der Waals surface area contributed by atoms with E-state index in [2.05, 4.69) is 30.8 Å². The summed E-state index contributed by atoms with van der Waals surface area (Å²) in [6, 6.07) is 11.4. The number of carbonyl (C=O) groups is 1. The fourth-order valence-electron chi connectivity index (χ4n) is 5.66. The van der Waals surface area contributed by atoms with Crippen molar-refractivity contribution in [3.05, 3.63) is 80.1 Å². The third kappa shape index (κ3) is 4.39. The number of fused-ring (bicyclic) bond motifs is 1. The van der Waals surface area contributed by atoms with Crippen LogP contribution in [0.3, 0.4) is 0 Å². The fourth-order valence-corrected chi connectivity index (χ4v) is 6.06. The Morgan fingerprint density at radius 3 is 2.40 bits per heavy atom. The molecule has 1 amide bonds. The number of halogens is 2. The van der Waals surface area contributed by atoms with E-state index in [0.717, 1.165) is 66.1 Å². The lowest BCUT2D eigenvalue weighted by Crippen LogP contribution is -2.33. The first kappa shape index (κ1) is 24.4. The lowest BCUT2D eigenvalue weighted by Gasteiger charge is -2.30. The SMILES string of the molecule is Cc1cc(Cl)ccc1C1c2c(nn(CC3CCNCC3)c2C(C)C)C(=O)N1c1cc(Cl)ccc1C. The molecule has 0 spiro atoms. The summed E-state index contributed by atoms with van der Waals surface area (Å²) < 4.78 is 2.13. The first-order chi connectivity index (χ1) is 16.8. The van der Waals surface area contributed by atoms with Crippen molar-refractivity contribution in [1.82, 2.24) is 15.1 Å². The number of rotatable bonds is 5. The zero-order chi connectivity index (χ0) is 24.9. The minimum absolute atomic E-state index is 0.0734. The molecule has 0 saturated carbocycles. The number of hydrogen-bond donors (Lipinski definition) is 1. The van der Waals surface area contributed by atoms with Crippen LogP contribution in [0.25, 0.3) is 0 Å². The molecule has 0 bridgehead atoms. The molecule has 0 aliphatic carbocycles. The summed E-state index contributed by atoms with van der Waals surface area (Å²) in [5.41, 5.74) is 6.65. The molecule has 1 unspecified atom stereocenters. The van der Waals surface area contributed by atoms with Crippen molar-refractivity contribution < 1.29 is 4.79 Å². The van der Waals surface area contributed by atoms with Crippen molar-refractivity contribution >= 4 is 34.8 Å². The smallest absolute Gasteiger partial charge is 0.280 e. The van der Waals surface area contributed by atoms with Gasteiger partial charge in [0.2, 0.25) is 0 Å². The van der Waals surface area contributed by atoms with Crippen LogP contribution in [0.2, 0.25) is 10.0 Å². The van der Waals surface area contributed by atoms with Crippen molar-refractivity contribution in [1.29, 1.82) is 0 Å². The minimum Gasteiger partial charge on any atom is -0.317 e. The molecule has 5 nitrogen and oxygen atoms in total. The van der Waals surface area contributed by atoms with Gasteiger partial charge in [-0.05, 0) is 92.6 Å². The van der Waals surface area contributed by atoms with Crippen molar-refractivity contribution in [2.24, 2.45) is 5.92 Å². The van der Waals surface area contributed by atoms with Crippen molar-refractivity contribution in [3.8, 4) is 0 Å². The molecule has 1 fully saturated rings. The van der Waals surface area contributed by atoms with Crippen LogP contribution in [-0.2, 0) is 6.54 Å². The number of piperidine rings is 1. The molecule has 2 aliphatic heterocycles. The Morgan fingerprint density at radius 1 is 1.03 bits per heavy atom. The third-order valence-corrected chi connectivity index (χ3v) is 7.85. The van der Waals surface area contributed by atoms with Gasteiger partial charge in [-0.3, -0.25) is 14.4 Å². The number of carbonyl (C=O) groups excluding carboxylic acids is 1. The van der Waals surface area contributed by atoms with Crippen LogP contribution >= 0.6 is 23.2 Å². The number of aromatic nitrogens is 2. The quantitative estimate of drug-likeness (QED) is 0.416. The minimum atomic E-state index is -0.286. The van der Waals surface area contributed by atoms with Crippen LogP contribution < -0.4 is 10.2 Å². The monoisotopic (exact) mass is 510 g/mol. The van der Waals surface area contributed by atoms with E-state index in [1.54, 1.807) is 0 Å². The Bertz CT molecular complexity index is 1280. The summed E-state index contributed by atoms with van der Waals surface area (Å²) in [7, 11) is 0. The molecule has 5 rings (SSSR count). The number of benzene rings is 2.